The molecule has 1 amide bonds. The van der Waals surface area contributed by atoms with Crippen molar-refractivity contribution in [3.8, 4) is 0 Å². The molecular formula is C16H21F3N2O5. The summed E-state index contributed by atoms with van der Waals surface area (Å²) >= 11 is 0. The second-order valence-electron chi connectivity index (χ2n) is 6.34. The average molecular weight is 378 g/mol. The molecule has 1 spiro atoms. The Bertz CT molecular complexity index is 624. The van der Waals surface area contributed by atoms with Crippen molar-refractivity contribution >= 4 is 11.9 Å². The van der Waals surface area contributed by atoms with E-state index in [9.17, 15) is 18.0 Å². The third-order valence-electron chi connectivity index (χ3n) is 4.30. The Hall–Kier alpha value is -2.07. The van der Waals surface area contributed by atoms with Gasteiger partial charge in [0.15, 0.2) is 0 Å². The molecule has 0 bridgehead atoms. The summed E-state index contributed by atoms with van der Waals surface area (Å²) in [5, 5.41) is 10.0. The lowest BCUT2D eigenvalue weighted by Gasteiger charge is -2.43. The van der Waals surface area contributed by atoms with Crippen molar-refractivity contribution in [3.63, 3.8) is 0 Å². The molecule has 1 aromatic heterocycles. The first-order valence-corrected chi connectivity index (χ1v) is 8.08. The van der Waals surface area contributed by atoms with Crippen molar-refractivity contribution in [2.75, 3.05) is 26.2 Å². The monoisotopic (exact) mass is 378 g/mol. The zero-order valence-corrected chi connectivity index (χ0v) is 14.3. The van der Waals surface area contributed by atoms with Crippen molar-refractivity contribution in [3.05, 3.63) is 23.7 Å². The topological polar surface area (TPSA) is 92.0 Å². The molecule has 7 nitrogen and oxygen atoms in total. The number of carbonyl (C=O) groups is 2. The summed E-state index contributed by atoms with van der Waals surface area (Å²) in [6.45, 7) is 5.64. The number of rotatable bonds is 2. The number of likely N-dealkylation sites (tertiary alicyclic amines) is 1. The standard InChI is InChI=1S/C14H20N2O3.C2HF3O2/c1-11-2-3-12(19-11)8-16-6-4-14(5-7-16)10-15-13(17)9-18-14;3-2(4,5)1(6)7/h2-3H,4-10H2,1H3,(H,15,17);(H,6,7). The van der Waals surface area contributed by atoms with Crippen LogP contribution in [0.25, 0.3) is 0 Å². The van der Waals surface area contributed by atoms with Crippen LogP contribution < -0.4 is 5.32 Å². The number of halogens is 3. The number of carboxylic acid groups (broad SMARTS) is 1. The minimum Gasteiger partial charge on any atom is -0.475 e. The van der Waals surface area contributed by atoms with Gasteiger partial charge in [-0.05, 0) is 31.9 Å². The van der Waals surface area contributed by atoms with Gasteiger partial charge in [-0.1, -0.05) is 0 Å². The summed E-state index contributed by atoms with van der Waals surface area (Å²) in [4.78, 5) is 22.4. The van der Waals surface area contributed by atoms with Gasteiger partial charge in [-0.15, -0.1) is 0 Å². The van der Waals surface area contributed by atoms with Gasteiger partial charge in [-0.25, -0.2) is 4.79 Å². The van der Waals surface area contributed by atoms with E-state index in [4.69, 9.17) is 19.1 Å². The van der Waals surface area contributed by atoms with Gasteiger partial charge in [-0.3, -0.25) is 9.69 Å². The van der Waals surface area contributed by atoms with Crippen LogP contribution in [0.2, 0.25) is 0 Å². The maximum Gasteiger partial charge on any atom is 0.490 e. The van der Waals surface area contributed by atoms with E-state index in [1.165, 1.54) is 0 Å². The number of alkyl halides is 3. The molecule has 146 valence electrons. The summed E-state index contributed by atoms with van der Waals surface area (Å²) in [6.07, 6.45) is -3.15. The van der Waals surface area contributed by atoms with Gasteiger partial charge in [0.2, 0.25) is 5.91 Å². The second kappa shape index (κ2) is 8.09. The molecular weight excluding hydrogens is 357 g/mol. The number of carbonyl (C=O) groups excluding carboxylic acids is 1. The number of hydrogen-bond acceptors (Lipinski definition) is 5. The smallest absolute Gasteiger partial charge is 0.475 e. The lowest BCUT2D eigenvalue weighted by Crippen LogP contribution is -2.57. The number of amides is 1. The number of carboxylic acids is 1. The molecule has 2 aliphatic rings. The van der Waals surface area contributed by atoms with E-state index in [1.54, 1.807) is 0 Å². The molecule has 0 aromatic carbocycles. The number of furan rings is 1. The Morgan fingerprint density at radius 2 is 1.96 bits per heavy atom. The molecule has 0 aliphatic carbocycles. The number of nitrogens with one attached hydrogen (secondary N) is 1. The Labute approximate surface area is 148 Å². The van der Waals surface area contributed by atoms with Crippen LogP contribution in [0, 0.1) is 6.92 Å². The first-order chi connectivity index (χ1) is 12.1. The molecule has 10 heteroatoms. The van der Waals surface area contributed by atoms with Crippen LogP contribution in [0.1, 0.15) is 24.4 Å². The zero-order valence-electron chi connectivity index (χ0n) is 14.3. The highest BCUT2D eigenvalue weighted by atomic mass is 19.4. The predicted molar refractivity (Wildman–Crippen MR) is 83.3 cm³/mol. The fourth-order valence-corrected chi connectivity index (χ4v) is 2.81. The molecule has 0 unspecified atom stereocenters. The molecule has 2 saturated heterocycles. The average Bonchev–Trinajstić information content (AvgIpc) is 2.97. The van der Waals surface area contributed by atoms with E-state index in [2.05, 4.69) is 10.2 Å². The normalized spacial score (nSPS) is 20.2. The largest absolute Gasteiger partial charge is 0.490 e. The second-order valence-corrected chi connectivity index (χ2v) is 6.34. The molecule has 0 saturated carbocycles. The third kappa shape index (κ3) is 5.73. The molecule has 3 heterocycles. The molecule has 0 radical (unpaired) electrons. The summed E-state index contributed by atoms with van der Waals surface area (Å²) < 4.78 is 43.1. The van der Waals surface area contributed by atoms with Crippen LogP contribution in [-0.2, 0) is 20.9 Å². The number of hydrogen-bond donors (Lipinski definition) is 2. The van der Waals surface area contributed by atoms with Crippen molar-refractivity contribution in [1.82, 2.24) is 10.2 Å². The molecule has 1 aromatic rings. The Kier molecular flexibility index (Phi) is 6.30. The molecule has 2 aliphatic heterocycles. The number of ether oxygens (including phenoxy) is 1. The van der Waals surface area contributed by atoms with Gasteiger partial charge in [-0.2, -0.15) is 13.2 Å². The fraction of sp³-hybridized carbons (Fsp3) is 0.625. The van der Waals surface area contributed by atoms with Crippen molar-refractivity contribution in [2.45, 2.75) is 38.1 Å². The quantitative estimate of drug-likeness (QED) is 0.814. The first-order valence-electron chi connectivity index (χ1n) is 8.08. The van der Waals surface area contributed by atoms with Crippen molar-refractivity contribution in [2.24, 2.45) is 0 Å². The molecule has 0 atom stereocenters. The van der Waals surface area contributed by atoms with Crippen LogP contribution in [-0.4, -0.2) is 59.9 Å². The van der Waals surface area contributed by atoms with Gasteiger partial charge in [0.1, 0.15) is 18.1 Å². The lowest BCUT2D eigenvalue weighted by atomic mass is 9.90. The SMILES string of the molecule is Cc1ccc(CN2CCC3(CC2)CNC(=O)CO3)o1.O=C(O)C(F)(F)F. The number of piperidine rings is 1. The number of aliphatic carboxylic acids is 1. The van der Waals surface area contributed by atoms with Gasteiger partial charge >= 0.3 is 12.1 Å². The molecule has 3 rings (SSSR count). The maximum absolute atomic E-state index is 11.1. The maximum atomic E-state index is 11.1. The summed E-state index contributed by atoms with van der Waals surface area (Å²) in [5.41, 5.74) is -0.135. The van der Waals surface area contributed by atoms with E-state index < -0.39 is 12.1 Å². The van der Waals surface area contributed by atoms with Gasteiger partial charge in [0, 0.05) is 19.6 Å². The molecule has 2 N–H and O–H groups in total. The lowest BCUT2D eigenvalue weighted by molar-refractivity contribution is -0.192. The number of aryl methyl sites for hydroxylation is 1. The van der Waals surface area contributed by atoms with Gasteiger partial charge in [0.25, 0.3) is 0 Å². The Balaban J connectivity index is 0.000000298. The van der Waals surface area contributed by atoms with E-state index in [0.29, 0.717) is 6.54 Å². The highest BCUT2D eigenvalue weighted by Gasteiger charge is 2.39. The number of morpholine rings is 1. The first kappa shape index (κ1) is 20.2. The minimum absolute atomic E-state index is 0.000819. The predicted octanol–water partition coefficient (Wildman–Crippen LogP) is 1.70. The zero-order chi connectivity index (χ0) is 19.4. The summed E-state index contributed by atoms with van der Waals surface area (Å²) in [5.74, 6) is -0.778. The summed E-state index contributed by atoms with van der Waals surface area (Å²) in [6, 6.07) is 4.04. The summed E-state index contributed by atoms with van der Waals surface area (Å²) in [7, 11) is 0. The Morgan fingerprint density at radius 3 is 2.38 bits per heavy atom. The van der Waals surface area contributed by atoms with E-state index in [-0.39, 0.29) is 18.1 Å². The fourth-order valence-electron chi connectivity index (χ4n) is 2.81. The number of nitrogens with zero attached hydrogens (tertiary/aromatic N) is 1. The highest BCUT2D eigenvalue weighted by Crippen LogP contribution is 2.28. The molecule has 2 fully saturated rings. The van der Waals surface area contributed by atoms with E-state index in [0.717, 1.165) is 44.0 Å². The third-order valence-corrected chi connectivity index (χ3v) is 4.30. The van der Waals surface area contributed by atoms with E-state index >= 15 is 0 Å². The Morgan fingerprint density at radius 1 is 1.35 bits per heavy atom. The van der Waals surface area contributed by atoms with Crippen LogP contribution in [0.4, 0.5) is 13.2 Å². The van der Waals surface area contributed by atoms with Gasteiger partial charge in [0.05, 0.1) is 12.1 Å². The van der Waals surface area contributed by atoms with Crippen LogP contribution in [0.3, 0.4) is 0 Å². The molecule has 26 heavy (non-hydrogen) atoms. The van der Waals surface area contributed by atoms with Gasteiger partial charge < -0.3 is 19.6 Å². The highest BCUT2D eigenvalue weighted by molar-refractivity contribution is 5.78. The van der Waals surface area contributed by atoms with Crippen LogP contribution in [0.15, 0.2) is 16.5 Å². The van der Waals surface area contributed by atoms with Crippen molar-refractivity contribution < 1.29 is 37.0 Å². The van der Waals surface area contributed by atoms with Crippen LogP contribution in [0.5, 0.6) is 0 Å². The van der Waals surface area contributed by atoms with Crippen molar-refractivity contribution in [1.29, 1.82) is 0 Å². The van der Waals surface area contributed by atoms with Crippen LogP contribution >= 0.6 is 0 Å². The minimum atomic E-state index is -5.08. The van der Waals surface area contributed by atoms with E-state index in [1.807, 2.05) is 19.1 Å².